The summed E-state index contributed by atoms with van der Waals surface area (Å²) in [5.41, 5.74) is -0.690. The van der Waals surface area contributed by atoms with Crippen molar-refractivity contribution in [2.24, 2.45) is 5.92 Å². The van der Waals surface area contributed by atoms with Crippen LogP contribution in [0.15, 0.2) is 42.5 Å². The fourth-order valence-corrected chi connectivity index (χ4v) is 10.7. The predicted octanol–water partition coefficient (Wildman–Crippen LogP) is 2.94. The molecule has 0 aromatic heterocycles. The Balaban J connectivity index is 1.37. The molecule has 6 rings (SSSR count). The number of ether oxygens (including phenoxy) is 2. The molecule has 256 valence electrons. The molecular weight excluding hydrogens is 640 g/mol. The lowest BCUT2D eigenvalue weighted by molar-refractivity contribution is -0.385. The van der Waals surface area contributed by atoms with Crippen molar-refractivity contribution in [1.82, 2.24) is 4.90 Å². The van der Waals surface area contributed by atoms with Crippen LogP contribution >= 0.6 is 0 Å². The van der Waals surface area contributed by atoms with Crippen molar-refractivity contribution in [2.75, 3.05) is 23.0 Å². The lowest BCUT2D eigenvalue weighted by Gasteiger charge is -2.39. The molecule has 4 aliphatic heterocycles. The number of benzene rings is 2. The van der Waals surface area contributed by atoms with Gasteiger partial charge in [-0.15, -0.1) is 0 Å². The molecule has 1 spiro atoms. The average Bonchev–Trinajstić information content (AvgIpc) is 3.67. The van der Waals surface area contributed by atoms with E-state index < -0.39 is 54.5 Å². The van der Waals surface area contributed by atoms with Crippen LogP contribution in [-0.2, 0) is 40.8 Å². The van der Waals surface area contributed by atoms with E-state index in [4.69, 9.17) is 9.47 Å². The Hall–Kier alpha value is -4.18. The number of β-lactam (4-membered cyclic amide) rings is 1. The van der Waals surface area contributed by atoms with Crippen molar-refractivity contribution in [3.63, 3.8) is 0 Å². The minimum atomic E-state index is -3.12. The molecule has 15 heteroatoms. The maximum Gasteiger partial charge on any atom is 0.304 e. The number of nitro groups is 1. The third kappa shape index (κ3) is 5.57. The number of aliphatic hydroxyl groups is 1. The van der Waals surface area contributed by atoms with Gasteiger partial charge in [0.15, 0.2) is 20.1 Å². The quantitative estimate of drug-likeness (QED) is 0.131. The number of likely N-dealkylation sites (tertiary alicyclic amines) is 1. The number of esters is 1. The molecule has 48 heavy (non-hydrogen) atoms. The largest absolute Gasteiger partial charge is 0.441 e. The molecule has 4 heterocycles. The van der Waals surface area contributed by atoms with Crippen LogP contribution in [0.1, 0.15) is 50.7 Å². The first-order valence-electron chi connectivity index (χ1n) is 16.2. The molecule has 3 saturated heterocycles. The van der Waals surface area contributed by atoms with Crippen LogP contribution in [0.2, 0.25) is 18.6 Å². The second-order valence-corrected chi connectivity index (χ2v) is 17.7. The molecule has 0 radical (unpaired) electrons. The fraction of sp³-hybridized carbons (Fsp3) is 0.515. The Kier molecular flexibility index (Phi) is 8.68. The normalized spacial score (nSPS) is 28.2. The molecule has 6 atom stereocenters. The molecule has 4 aliphatic rings. The minimum absolute atomic E-state index is 0.0236. The van der Waals surface area contributed by atoms with E-state index in [-0.39, 0.29) is 49.5 Å². The number of hydrogen-bond donors (Lipinski definition) is 2. The molecule has 2 N–H and O–H groups in total. The number of rotatable bonds is 9. The van der Waals surface area contributed by atoms with Crippen LogP contribution in [0.25, 0.3) is 0 Å². The van der Waals surface area contributed by atoms with Gasteiger partial charge in [-0.25, -0.2) is 0 Å². The Bertz CT molecular complexity index is 1680. The SMILES string of the molecule is CC(=O)OC1CC(=O)N1c1cccc(CN2C(=O)[C@@]3(O[C@@H](CC(=O)N4CCC[C@H]4CO)[C@H]([Si](C)(C)O)[C@H]3C)c3cc([N+](=O)[O-])ccc32)c1. The fourth-order valence-electron chi connectivity index (χ4n) is 8.15. The number of non-ortho nitro benzene ring substituents is 1. The molecule has 14 nitrogen and oxygen atoms in total. The molecule has 0 saturated carbocycles. The Morgan fingerprint density at radius 3 is 2.58 bits per heavy atom. The van der Waals surface area contributed by atoms with E-state index in [0.29, 0.717) is 35.5 Å². The summed E-state index contributed by atoms with van der Waals surface area (Å²) in [5, 5.41) is 21.8. The van der Waals surface area contributed by atoms with Gasteiger partial charge in [-0.3, -0.25) is 34.2 Å². The summed E-state index contributed by atoms with van der Waals surface area (Å²) in [7, 11) is -3.12. The first kappa shape index (κ1) is 33.7. The summed E-state index contributed by atoms with van der Waals surface area (Å²) in [6, 6.07) is 10.8. The van der Waals surface area contributed by atoms with Crippen molar-refractivity contribution in [3.8, 4) is 0 Å². The molecule has 3 fully saturated rings. The second kappa shape index (κ2) is 12.4. The first-order valence-corrected chi connectivity index (χ1v) is 19.2. The van der Waals surface area contributed by atoms with Gasteiger partial charge in [0.1, 0.15) is 0 Å². The third-order valence-electron chi connectivity index (χ3n) is 10.2. The van der Waals surface area contributed by atoms with Gasteiger partial charge in [-0.2, -0.15) is 0 Å². The summed E-state index contributed by atoms with van der Waals surface area (Å²) >= 11 is 0. The maximum atomic E-state index is 14.8. The van der Waals surface area contributed by atoms with Crippen molar-refractivity contribution in [3.05, 3.63) is 63.7 Å². The number of carbonyl (C=O) groups is 4. The second-order valence-electron chi connectivity index (χ2n) is 13.7. The summed E-state index contributed by atoms with van der Waals surface area (Å²) in [4.78, 5) is 79.8. The van der Waals surface area contributed by atoms with E-state index in [9.17, 15) is 39.2 Å². The Labute approximate surface area is 278 Å². The standard InChI is InChI=1S/C33H40N4O10Si/c1-19-31(48(3,4)45)27(15-28(40)34-12-6-9-24(34)18-38)47-33(19)25-14-23(37(43)44)10-11-26(25)35(32(33)42)17-21-7-5-8-22(13-21)36-29(41)16-30(36)46-20(2)39/h5,7-8,10-11,13-14,19,24,27,30-31,38,45H,6,9,12,15-18H2,1-4H3/t19-,24+,27+,30?,31-,33+/m1/s1. The minimum Gasteiger partial charge on any atom is -0.441 e. The van der Waals surface area contributed by atoms with E-state index in [0.717, 1.165) is 6.42 Å². The van der Waals surface area contributed by atoms with Gasteiger partial charge in [0.2, 0.25) is 11.8 Å². The molecule has 0 aliphatic carbocycles. The van der Waals surface area contributed by atoms with E-state index >= 15 is 0 Å². The maximum absolute atomic E-state index is 14.8. The molecule has 2 aromatic carbocycles. The zero-order valence-corrected chi connectivity index (χ0v) is 28.3. The third-order valence-corrected chi connectivity index (χ3v) is 12.7. The number of hydrogen-bond acceptors (Lipinski definition) is 10. The summed E-state index contributed by atoms with van der Waals surface area (Å²) < 4.78 is 12.0. The Morgan fingerprint density at radius 2 is 1.94 bits per heavy atom. The average molecular weight is 681 g/mol. The van der Waals surface area contributed by atoms with E-state index in [1.807, 2.05) is 0 Å². The topological polar surface area (TPSA) is 180 Å². The van der Waals surface area contributed by atoms with Crippen LogP contribution in [0, 0.1) is 16.0 Å². The first-order chi connectivity index (χ1) is 22.7. The van der Waals surface area contributed by atoms with Crippen LogP contribution < -0.4 is 9.80 Å². The molecule has 0 bridgehead atoms. The van der Waals surface area contributed by atoms with Crippen LogP contribution in [-0.4, -0.2) is 83.3 Å². The van der Waals surface area contributed by atoms with Crippen molar-refractivity contribution in [1.29, 1.82) is 0 Å². The van der Waals surface area contributed by atoms with Gasteiger partial charge >= 0.3 is 5.97 Å². The number of anilines is 2. The highest BCUT2D eigenvalue weighted by molar-refractivity contribution is 6.71. The lowest BCUT2D eigenvalue weighted by Crippen LogP contribution is -2.54. The number of nitrogens with zero attached hydrogens (tertiary/aromatic N) is 4. The van der Waals surface area contributed by atoms with Gasteiger partial charge in [-0.1, -0.05) is 19.1 Å². The zero-order valence-electron chi connectivity index (χ0n) is 27.3. The Morgan fingerprint density at radius 1 is 1.19 bits per heavy atom. The van der Waals surface area contributed by atoms with Crippen molar-refractivity contribution in [2.45, 2.75) is 88.7 Å². The zero-order chi connectivity index (χ0) is 34.7. The summed E-state index contributed by atoms with van der Waals surface area (Å²) in [6.07, 6.45) is -0.196. The van der Waals surface area contributed by atoms with Crippen LogP contribution in [0.5, 0.6) is 0 Å². The smallest absolute Gasteiger partial charge is 0.304 e. The number of nitro benzene ring substituents is 1. The lowest BCUT2D eigenvalue weighted by atomic mass is 9.82. The van der Waals surface area contributed by atoms with Crippen molar-refractivity contribution < 1.29 is 43.5 Å². The highest BCUT2D eigenvalue weighted by atomic mass is 28.4. The van der Waals surface area contributed by atoms with Crippen LogP contribution in [0.3, 0.4) is 0 Å². The molecule has 1 unspecified atom stereocenters. The highest BCUT2D eigenvalue weighted by Crippen LogP contribution is 2.60. The monoisotopic (exact) mass is 680 g/mol. The summed E-state index contributed by atoms with van der Waals surface area (Å²) in [6.45, 7) is 6.88. The number of aliphatic hydroxyl groups excluding tert-OH is 1. The highest BCUT2D eigenvalue weighted by Gasteiger charge is 2.67. The van der Waals surface area contributed by atoms with Gasteiger partial charge < -0.3 is 29.2 Å². The summed E-state index contributed by atoms with van der Waals surface area (Å²) in [5.74, 6) is -2.10. The number of fused-ring (bicyclic) bond motifs is 2. The predicted molar refractivity (Wildman–Crippen MR) is 174 cm³/mol. The number of carbonyl (C=O) groups excluding carboxylic acids is 4. The van der Waals surface area contributed by atoms with Crippen LogP contribution in [0.4, 0.5) is 17.1 Å². The van der Waals surface area contributed by atoms with E-state index in [1.54, 1.807) is 49.2 Å². The number of amides is 3. The van der Waals surface area contributed by atoms with Gasteiger partial charge in [0.05, 0.1) is 48.7 Å². The molecular formula is C33H40N4O10Si. The van der Waals surface area contributed by atoms with E-state index in [2.05, 4.69) is 0 Å². The van der Waals surface area contributed by atoms with Gasteiger partial charge in [0, 0.05) is 48.3 Å². The van der Waals surface area contributed by atoms with E-state index in [1.165, 1.54) is 34.9 Å². The van der Waals surface area contributed by atoms with Crippen molar-refractivity contribution >= 4 is 49.1 Å². The van der Waals surface area contributed by atoms with Gasteiger partial charge in [0.25, 0.3) is 11.6 Å². The molecule has 3 amide bonds. The van der Waals surface area contributed by atoms with Gasteiger partial charge in [-0.05, 0) is 49.7 Å². The molecule has 2 aromatic rings.